The van der Waals surface area contributed by atoms with E-state index in [4.69, 9.17) is 14.2 Å². The van der Waals surface area contributed by atoms with Gasteiger partial charge in [-0.05, 0) is 52.6 Å². The van der Waals surface area contributed by atoms with E-state index in [2.05, 4.69) is 37.0 Å². The maximum absolute atomic E-state index is 11.9. The monoisotopic (exact) mass is 424 g/mol. The molecule has 0 aliphatic carbocycles. The maximum Gasteiger partial charge on any atom is 0.343 e. The molecule has 1 aromatic heterocycles. The molecule has 0 atom stereocenters. The van der Waals surface area contributed by atoms with Crippen LogP contribution in [0.15, 0.2) is 9.21 Å². The first-order valence-electron chi connectivity index (χ1n) is 6.71. The number of halogens is 2. The Kier molecular flexibility index (Phi) is 5.45. The summed E-state index contributed by atoms with van der Waals surface area (Å²) in [6.45, 7) is 7.64. The van der Waals surface area contributed by atoms with E-state index in [1.807, 2.05) is 13.8 Å². The molecule has 0 spiro atoms. The summed E-state index contributed by atoms with van der Waals surface area (Å²) in [5.41, 5.74) is 0.398. The summed E-state index contributed by atoms with van der Waals surface area (Å²) < 4.78 is 19.1. The number of carbonyl (C=O) groups is 1. The van der Waals surface area contributed by atoms with Crippen molar-refractivity contribution in [3.8, 4) is 0 Å². The van der Waals surface area contributed by atoms with Gasteiger partial charge in [-0.25, -0.2) is 4.79 Å². The van der Waals surface area contributed by atoms with E-state index in [0.717, 1.165) is 0 Å². The minimum Gasteiger partial charge on any atom is -0.462 e. The van der Waals surface area contributed by atoms with E-state index in [0.29, 0.717) is 41.1 Å². The molecule has 0 unspecified atom stereocenters. The number of esters is 1. The first-order chi connectivity index (χ1) is 9.84. The summed E-state index contributed by atoms with van der Waals surface area (Å²) in [6.07, 6.45) is 0. The van der Waals surface area contributed by atoms with Gasteiger partial charge in [0.1, 0.15) is 14.8 Å². The van der Waals surface area contributed by atoms with Crippen molar-refractivity contribution in [2.75, 3.05) is 19.8 Å². The Morgan fingerprint density at radius 2 is 2.05 bits per heavy atom. The van der Waals surface area contributed by atoms with Crippen molar-refractivity contribution in [2.24, 2.45) is 5.92 Å². The minimum atomic E-state index is -0.533. The lowest BCUT2D eigenvalue weighted by molar-refractivity contribution is -0.263. The molecule has 0 aromatic carbocycles. The summed E-state index contributed by atoms with van der Waals surface area (Å²) in [5.74, 6) is -0.759. The van der Waals surface area contributed by atoms with Crippen molar-refractivity contribution in [1.29, 1.82) is 0 Å². The van der Waals surface area contributed by atoms with Crippen LogP contribution < -0.4 is 0 Å². The molecule has 0 radical (unpaired) electrons. The van der Waals surface area contributed by atoms with Crippen LogP contribution >= 0.6 is 31.9 Å². The first-order valence-corrected chi connectivity index (χ1v) is 8.29. The van der Waals surface area contributed by atoms with Crippen molar-refractivity contribution in [1.82, 2.24) is 9.78 Å². The number of rotatable bonds is 4. The highest BCUT2D eigenvalue weighted by atomic mass is 79.9. The highest BCUT2D eigenvalue weighted by Gasteiger charge is 2.30. The van der Waals surface area contributed by atoms with Gasteiger partial charge >= 0.3 is 5.97 Å². The second kappa shape index (κ2) is 6.76. The van der Waals surface area contributed by atoms with E-state index in [9.17, 15) is 4.79 Å². The van der Waals surface area contributed by atoms with Crippen LogP contribution in [0.4, 0.5) is 0 Å². The first kappa shape index (κ1) is 16.9. The summed E-state index contributed by atoms with van der Waals surface area (Å²) >= 11 is 6.71. The molecule has 21 heavy (non-hydrogen) atoms. The van der Waals surface area contributed by atoms with Crippen LogP contribution in [0, 0.1) is 5.92 Å². The third-order valence-corrected chi connectivity index (χ3v) is 4.45. The average Bonchev–Trinajstić information content (AvgIpc) is 2.67. The van der Waals surface area contributed by atoms with E-state index in [1.165, 1.54) is 0 Å². The Bertz CT molecular complexity index is 520. The van der Waals surface area contributed by atoms with Gasteiger partial charge in [-0.3, -0.25) is 4.68 Å². The van der Waals surface area contributed by atoms with Crippen LogP contribution in [0.1, 0.15) is 31.1 Å². The van der Waals surface area contributed by atoms with Crippen molar-refractivity contribution < 1.29 is 19.0 Å². The number of hydrogen-bond acceptors (Lipinski definition) is 5. The Hall–Kier alpha value is -0.440. The average molecular weight is 426 g/mol. The molecule has 0 amide bonds. The molecule has 6 nitrogen and oxygen atoms in total. The van der Waals surface area contributed by atoms with Crippen LogP contribution in [-0.4, -0.2) is 41.4 Å². The predicted molar refractivity (Wildman–Crippen MR) is 83.1 cm³/mol. The van der Waals surface area contributed by atoms with Crippen molar-refractivity contribution in [3.63, 3.8) is 0 Å². The fraction of sp³-hybridized carbons (Fsp3) is 0.692. The zero-order valence-electron chi connectivity index (χ0n) is 12.2. The molecule has 0 saturated carbocycles. The summed E-state index contributed by atoms with van der Waals surface area (Å²) in [6, 6.07) is 0. The second-order valence-electron chi connectivity index (χ2n) is 5.25. The van der Waals surface area contributed by atoms with Crippen LogP contribution in [0.5, 0.6) is 0 Å². The van der Waals surface area contributed by atoms with Gasteiger partial charge in [0.05, 0.1) is 19.8 Å². The van der Waals surface area contributed by atoms with Crippen LogP contribution in [-0.2, 0) is 20.8 Å². The Morgan fingerprint density at radius 3 is 2.62 bits per heavy atom. The zero-order chi connectivity index (χ0) is 15.6. The molecule has 1 aliphatic heterocycles. The minimum absolute atomic E-state index is 0.177. The summed E-state index contributed by atoms with van der Waals surface area (Å²) in [4.78, 5) is 11.9. The van der Waals surface area contributed by atoms with E-state index >= 15 is 0 Å². The predicted octanol–water partition coefficient (Wildman–Crippen LogP) is 2.98. The lowest BCUT2D eigenvalue weighted by Crippen LogP contribution is -2.40. The number of aromatic nitrogens is 2. The molecule has 0 bridgehead atoms. The Labute approximate surface area is 140 Å². The van der Waals surface area contributed by atoms with Crippen LogP contribution in [0.25, 0.3) is 0 Å². The number of hydrogen-bond donors (Lipinski definition) is 0. The molecule has 1 aromatic rings. The third-order valence-electron chi connectivity index (χ3n) is 3.09. The number of ether oxygens (including phenoxy) is 3. The standard InChI is InChI=1S/C13H18Br2N2O4/c1-4-19-12(18)9-10(14)16-17(11(9)15)5-8-6-20-13(2,3)21-7-8/h8H,4-7H2,1-3H3. The van der Waals surface area contributed by atoms with Gasteiger partial charge in [-0.15, -0.1) is 0 Å². The second-order valence-corrected chi connectivity index (χ2v) is 6.75. The lowest BCUT2D eigenvalue weighted by atomic mass is 10.1. The molecular formula is C13H18Br2N2O4. The van der Waals surface area contributed by atoms with Crippen molar-refractivity contribution in [2.45, 2.75) is 33.1 Å². The van der Waals surface area contributed by atoms with E-state index < -0.39 is 11.8 Å². The van der Waals surface area contributed by atoms with Gasteiger partial charge < -0.3 is 14.2 Å². The maximum atomic E-state index is 11.9. The zero-order valence-corrected chi connectivity index (χ0v) is 15.4. The lowest BCUT2D eigenvalue weighted by Gasteiger charge is -2.34. The van der Waals surface area contributed by atoms with E-state index in [-0.39, 0.29) is 5.92 Å². The van der Waals surface area contributed by atoms with Crippen molar-refractivity contribution >= 4 is 37.8 Å². The van der Waals surface area contributed by atoms with Gasteiger partial charge in [0.25, 0.3) is 0 Å². The Balaban J connectivity index is 2.08. The summed E-state index contributed by atoms with van der Waals surface area (Å²) in [7, 11) is 0. The van der Waals surface area contributed by atoms with Gasteiger partial charge in [0, 0.05) is 12.5 Å². The Morgan fingerprint density at radius 1 is 1.43 bits per heavy atom. The normalized spacial score (nSPS) is 18.7. The molecular weight excluding hydrogens is 408 g/mol. The number of carbonyl (C=O) groups excluding carboxylic acids is 1. The van der Waals surface area contributed by atoms with Crippen LogP contribution in [0.2, 0.25) is 0 Å². The van der Waals surface area contributed by atoms with E-state index in [1.54, 1.807) is 11.6 Å². The van der Waals surface area contributed by atoms with Gasteiger partial charge in [0.15, 0.2) is 5.79 Å². The highest BCUT2D eigenvalue weighted by Crippen LogP contribution is 2.28. The molecule has 1 saturated heterocycles. The largest absolute Gasteiger partial charge is 0.462 e. The molecule has 2 rings (SSSR count). The van der Waals surface area contributed by atoms with Gasteiger partial charge in [-0.1, -0.05) is 0 Å². The third kappa shape index (κ3) is 4.06. The quantitative estimate of drug-likeness (QED) is 0.694. The smallest absolute Gasteiger partial charge is 0.343 e. The van der Waals surface area contributed by atoms with Crippen molar-refractivity contribution in [3.05, 3.63) is 14.8 Å². The van der Waals surface area contributed by atoms with Crippen LogP contribution in [0.3, 0.4) is 0 Å². The summed E-state index contributed by atoms with van der Waals surface area (Å²) in [5, 5.41) is 4.32. The fourth-order valence-corrected chi connectivity index (χ4v) is 3.36. The van der Waals surface area contributed by atoms with Gasteiger partial charge in [0.2, 0.25) is 0 Å². The topological polar surface area (TPSA) is 62.6 Å². The molecule has 8 heteroatoms. The molecule has 1 aliphatic rings. The fourth-order valence-electron chi connectivity index (χ4n) is 1.98. The molecule has 1 fully saturated rings. The molecule has 2 heterocycles. The molecule has 0 N–H and O–H groups in total. The SMILES string of the molecule is CCOC(=O)c1c(Br)nn(CC2COC(C)(C)OC2)c1Br. The molecule has 118 valence electrons. The number of nitrogens with zero attached hydrogens (tertiary/aromatic N) is 2. The highest BCUT2D eigenvalue weighted by molar-refractivity contribution is 9.11. The van der Waals surface area contributed by atoms with Gasteiger partial charge in [-0.2, -0.15) is 5.10 Å².